The first-order valence-corrected chi connectivity index (χ1v) is 7.56. The Kier molecular flexibility index (Phi) is 4.12. The Morgan fingerprint density at radius 2 is 1.65 bits per heavy atom. The van der Waals surface area contributed by atoms with Crippen LogP contribution < -0.4 is 16.1 Å². The summed E-state index contributed by atoms with van der Waals surface area (Å²) in [5.41, 5.74) is 2.62. The summed E-state index contributed by atoms with van der Waals surface area (Å²) in [6.45, 7) is 0. The lowest BCUT2D eigenvalue weighted by atomic mass is 9.94. The van der Waals surface area contributed by atoms with Gasteiger partial charge in [0.25, 0.3) is 0 Å². The molecule has 0 bridgehead atoms. The summed E-state index contributed by atoms with van der Waals surface area (Å²) in [7, 11) is 2.00. The highest BCUT2D eigenvalue weighted by molar-refractivity contribution is 6.99. The van der Waals surface area contributed by atoms with E-state index in [1.807, 2.05) is 38.2 Å². The van der Waals surface area contributed by atoms with E-state index in [9.17, 15) is 5.11 Å². The Bertz CT molecular complexity index is 890. The van der Waals surface area contributed by atoms with E-state index in [0.717, 1.165) is 22.9 Å². The lowest BCUT2D eigenvalue weighted by molar-refractivity contribution is 0.476. The molecule has 1 heterocycles. The van der Waals surface area contributed by atoms with E-state index in [1.54, 1.807) is 18.2 Å². The highest BCUT2D eigenvalue weighted by Gasteiger charge is 2.13. The molecule has 3 aromatic rings. The normalized spacial score (nSPS) is 10.0. The third kappa shape index (κ3) is 3.10. The van der Waals surface area contributed by atoms with E-state index >= 15 is 0 Å². The van der Waals surface area contributed by atoms with Crippen molar-refractivity contribution in [2.24, 2.45) is 0 Å². The number of para-hydroxylation sites is 2. The van der Waals surface area contributed by atoms with Crippen molar-refractivity contribution in [2.75, 3.05) is 10.6 Å². The Morgan fingerprint density at radius 3 is 2.35 bits per heavy atom. The molecule has 0 atom stereocenters. The van der Waals surface area contributed by atoms with Gasteiger partial charge in [-0.25, -0.2) is 0 Å². The molecular weight excluding hydrogens is 309 g/mol. The zero-order valence-electron chi connectivity index (χ0n) is 12.2. The number of anilines is 4. The van der Waals surface area contributed by atoms with Crippen molar-refractivity contribution in [3.8, 4) is 11.8 Å². The Morgan fingerprint density at radius 1 is 1.00 bits per heavy atom. The summed E-state index contributed by atoms with van der Waals surface area (Å²) < 4.78 is 8.43. The molecule has 0 radical (unpaired) electrons. The number of rotatable bonds is 4. The number of hydrogen-bond donors (Lipinski definition) is 3. The van der Waals surface area contributed by atoms with E-state index in [4.69, 9.17) is 5.26 Å². The topological polar surface area (TPSA) is 93.9 Å². The third-order valence-electron chi connectivity index (χ3n) is 3.30. The van der Waals surface area contributed by atoms with Crippen LogP contribution in [0.1, 0.15) is 5.56 Å². The molecule has 3 N–H and O–H groups in total. The molecule has 0 unspecified atom stereocenters. The van der Waals surface area contributed by atoms with Crippen molar-refractivity contribution in [3.63, 3.8) is 0 Å². The maximum Gasteiger partial charge on any atom is 0.189 e. The molecule has 0 aliphatic carbocycles. The predicted molar refractivity (Wildman–Crippen MR) is 93.9 cm³/mol. The van der Waals surface area contributed by atoms with Crippen LogP contribution in [-0.4, -0.2) is 21.7 Å². The van der Waals surface area contributed by atoms with Crippen LogP contribution in [0.2, 0.25) is 0 Å². The molecule has 0 saturated heterocycles. The largest absolute Gasteiger partial charge is 0.504 e. The highest BCUT2D eigenvalue weighted by Crippen LogP contribution is 2.32. The molecule has 6 nitrogen and oxygen atoms in total. The first kappa shape index (κ1) is 14.9. The number of phenols is 1. The maximum atomic E-state index is 10.1. The summed E-state index contributed by atoms with van der Waals surface area (Å²) in [5.74, 6) is 0.944. The van der Waals surface area contributed by atoms with Gasteiger partial charge in [-0.2, -0.15) is 14.0 Å². The second-order valence-electron chi connectivity index (χ2n) is 4.84. The molecule has 112 valence electrons. The fourth-order valence-corrected chi connectivity index (χ4v) is 2.52. The maximum absolute atomic E-state index is 10.1. The molecule has 0 aliphatic heterocycles. The van der Waals surface area contributed by atoms with Crippen LogP contribution in [0.3, 0.4) is 0 Å². The van der Waals surface area contributed by atoms with Crippen LogP contribution in [0, 0.1) is 11.3 Å². The van der Waals surface area contributed by atoms with Crippen molar-refractivity contribution in [2.45, 2.75) is 0 Å². The zero-order valence-corrected chi connectivity index (χ0v) is 13.1. The van der Waals surface area contributed by atoms with Gasteiger partial charge in [-0.15, -0.1) is 0 Å². The number of nitrogens with zero attached hydrogens (tertiary/aromatic N) is 3. The predicted octanol–water partition coefficient (Wildman–Crippen LogP) is 1.86. The van der Waals surface area contributed by atoms with E-state index < -0.39 is 0 Å². The molecule has 8 heteroatoms. The van der Waals surface area contributed by atoms with Gasteiger partial charge in [0, 0.05) is 5.69 Å². The smallest absolute Gasteiger partial charge is 0.189 e. The molecule has 0 spiro atoms. The van der Waals surface area contributed by atoms with E-state index in [2.05, 4.69) is 19.4 Å². The van der Waals surface area contributed by atoms with Crippen LogP contribution in [0.15, 0.2) is 42.5 Å². The summed E-state index contributed by atoms with van der Waals surface area (Å²) in [5, 5.41) is 25.3. The summed E-state index contributed by atoms with van der Waals surface area (Å²) in [6, 6.07) is 14.7. The highest BCUT2D eigenvalue weighted by atomic mass is 32.1. The second kappa shape index (κ2) is 6.38. The van der Waals surface area contributed by atoms with Crippen molar-refractivity contribution < 1.29 is 5.11 Å². The van der Waals surface area contributed by atoms with Gasteiger partial charge < -0.3 is 15.7 Å². The van der Waals surface area contributed by atoms with Crippen LogP contribution >= 0.6 is 11.7 Å². The van der Waals surface area contributed by atoms with Gasteiger partial charge in [-0.05, 0) is 18.2 Å². The fraction of sp³-hybridized carbons (Fsp3) is 0. The van der Waals surface area contributed by atoms with E-state index in [1.165, 1.54) is 0 Å². The van der Waals surface area contributed by atoms with Gasteiger partial charge in [0.2, 0.25) is 0 Å². The van der Waals surface area contributed by atoms with Gasteiger partial charge in [0.1, 0.15) is 13.9 Å². The van der Waals surface area contributed by atoms with Crippen molar-refractivity contribution in [3.05, 3.63) is 48.0 Å². The number of aromatic nitrogens is 2. The SMILES string of the molecule is Bc1ccccc1Nc1nsnc1Nc1cccc(C#N)c1O. The van der Waals surface area contributed by atoms with Gasteiger partial charge in [0.05, 0.1) is 23.0 Å². The van der Waals surface area contributed by atoms with Gasteiger partial charge in [0.15, 0.2) is 17.4 Å². The minimum Gasteiger partial charge on any atom is -0.504 e. The number of phenolic OH excluding ortho intramolecular Hbond substituents is 1. The van der Waals surface area contributed by atoms with Crippen LogP contribution in [-0.2, 0) is 0 Å². The first-order valence-electron chi connectivity index (χ1n) is 6.83. The molecule has 3 rings (SSSR count). The summed E-state index contributed by atoms with van der Waals surface area (Å²) in [6.07, 6.45) is 0. The lowest BCUT2D eigenvalue weighted by Crippen LogP contribution is -2.09. The Balaban J connectivity index is 1.88. The molecule has 0 aliphatic rings. The standard InChI is InChI=1S/C15H12BN5OS/c16-10-5-1-2-6-11(10)18-14-15(21-23-20-14)19-12-7-3-4-9(8-17)13(12)22/h1-7,22H,16H2,(H,18,20)(H,19,21). The van der Waals surface area contributed by atoms with Crippen LogP contribution in [0.4, 0.5) is 23.0 Å². The molecule has 0 amide bonds. The molecule has 23 heavy (non-hydrogen) atoms. The van der Waals surface area contributed by atoms with E-state index in [-0.39, 0.29) is 11.3 Å². The number of benzene rings is 2. The number of nitriles is 1. The van der Waals surface area contributed by atoms with Gasteiger partial charge in [-0.1, -0.05) is 29.7 Å². The van der Waals surface area contributed by atoms with Crippen LogP contribution in [0.25, 0.3) is 0 Å². The third-order valence-corrected chi connectivity index (χ3v) is 3.82. The number of nitrogens with one attached hydrogen (secondary N) is 2. The summed E-state index contributed by atoms with van der Waals surface area (Å²) in [4.78, 5) is 0. The fourth-order valence-electron chi connectivity index (χ4n) is 2.06. The minimum absolute atomic E-state index is 0.107. The Hall–Kier alpha value is -3.05. The minimum atomic E-state index is -0.107. The molecule has 1 aromatic heterocycles. The molecule has 0 saturated carbocycles. The quantitative estimate of drug-likeness (QED) is 0.502. The molecule has 2 aromatic carbocycles. The van der Waals surface area contributed by atoms with Crippen molar-refractivity contribution in [1.82, 2.24) is 8.75 Å². The van der Waals surface area contributed by atoms with E-state index in [0.29, 0.717) is 17.3 Å². The first-order chi connectivity index (χ1) is 11.2. The Labute approximate surface area is 138 Å². The molecule has 0 fully saturated rings. The van der Waals surface area contributed by atoms with Crippen molar-refractivity contribution in [1.29, 1.82) is 5.26 Å². The number of aromatic hydroxyl groups is 1. The average Bonchev–Trinajstić information content (AvgIpc) is 2.99. The molecular formula is C15H12BN5OS. The second-order valence-corrected chi connectivity index (χ2v) is 5.37. The zero-order chi connectivity index (χ0) is 16.2. The van der Waals surface area contributed by atoms with Gasteiger partial charge in [-0.3, -0.25) is 0 Å². The monoisotopic (exact) mass is 321 g/mol. The number of hydrogen-bond acceptors (Lipinski definition) is 7. The van der Waals surface area contributed by atoms with Gasteiger partial charge >= 0.3 is 0 Å². The van der Waals surface area contributed by atoms with Crippen LogP contribution in [0.5, 0.6) is 5.75 Å². The van der Waals surface area contributed by atoms with Crippen molar-refractivity contribution >= 4 is 48.0 Å². The summed E-state index contributed by atoms with van der Waals surface area (Å²) >= 11 is 1.05. The lowest BCUT2D eigenvalue weighted by Gasteiger charge is -2.10. The average molecular weight is 321 g/mol.